The van der Waals surface area contributed by atoms with E-state index in [1.165, 1.54) is 0 Å². The van der Waals surface area contributed by atoms with Gasteiger partial charge in [0.2, 0.25) is 0 Å². The Morgan fingerprint density at radius 3 is 2.79 bits per heavy atom. The van der Waals surface area contributed by atoms with Gasteiger partial charge in [-0.2, -0.15) is 0 Å². The standard InChI is InChI=1S/C21H26N4O3.ClH/c1-12-8-16(14(3)27-12)18-9-17(19-13(2)24-28-20(19)23-18)21(26)25-7-5-6-15(11-25)10-22-4;/h8-9,15,22H,5-7,10-11H2,1-4H3;1H. The minimum absolute atomic E-state index is 0. The van der Waals surface area contributed by atoms with Crippen molar-refractivity contribution in [2.75, 3.05) is 26.7 Å². The predicted molar refractivity (Wildman–Crippen MR) is 114 cm³/mol. The van der Waals surface area contributed by atoms with E-state index in [-0.39, 0.29) is 18.3 Å². The van der Waals surface area contributed by atoms with E-state index in [1.807, 2.05) is 44.9 Å². The van der Waals surface area contributed by atoms with E-state index in [0.29, 0.717) is 34.0 Å². The van der Waals surface area contributed by atoms with Gasteiger partial charge in [-0.25, -0.2) is 4.98 Å². The summed E-state index contributed by atoms with van der Waals surface area (Å²) in [5.41, 5.74) is 3.21. The monoisotopic (exact) mass is 418 g/mol. The highest BCUT2D eigenvalue weighted by Gasteiger charge is 2.28. The summed E-state index contributed by atoms with van der Waals surface area (Å²) < 4.78 is 11.1. The molecular formula is C21H27ClN4O3. The van der Waals surface area contributed by atoms with Gasteiger partial charge >= 0.3 is 0 Å². The van der Waals surface area contributed by atoms with Crippen molar-refractivity contribution < 1.29 is 13.7 Å². The Kier molecular flexibility index (Phi) is 6.29. The van der Waals surface area contributed by atoms with Crippen molar-refractivity contribution >= 4 is 29.4 Å². The van der Waals surface area contributed by atoms with Gasteiger partial charge in [-0.3, -0.25) is 4.79 Å². The minimum atomic E-state index is 0. The van der Waals surface area contributed by atoms with Crippen LogP contribution < -0.4 is 5.32 Å². The second-order valence-corrected chi connectivity index (χ2v) is 7.65. The third-order valence-corrected chi connectivity index (χ3v) is 5.46. The number of nitrogens with one attached hydrogen (secondary N) is 1. The van der Waals surface area contributed by atoms with Gasteiger partial charge < -0.3 is 19.2 Å². The van der Waals surface area contributed by atoms with Crippen LogP contribution in [0, 0.1) is 26.7 Å². The predicted octanol–water partition coefficient (Wildman–Crippen LogP) is 3.90. The maximum absolute atomic E-state index is 13.5. The number of aryl methyl sites for hydroxylation is 3. The number of aromatic nitrogens is 2. The number of hydrogen-bond acceptors (Lipinski definition) is 6. The highest BCUT2D eigenvalue weighted by Crippen LogP contribution is 2.31. The Bertz CT molecular complexity index is 1020. The van der Waals surface area contributed by atoms with Gasteiger partial charge in [0.15, 0.2) is 0 Å². The summed E-state index contributed by atoms with van der Waals surface area (Å²) in [5.74, 6) is 2.06. The fourth-order valence-corrected chi connectivity index (χ4v) is 4.16. The van der Waals surface area contributed by atoms with Crippen molar-refractivity contribution in [3.63, 3.8) is 0 Å². The third kappa shape index (κ3) is 4.02. The first-order valence-electron chi connectivity index (χ1n) is 9.76. The number of nitrogens with zero attached hydrogens (tertiary/aromatic N) is 3. The number of carbonyl (C=O) groups is 1. The largest absolute Gasteiger partial charge is 0.466 e. The van der Waals surface area contributed by atoms with Gasteiger partial charge in [0, 0.05) is 18.7 Å². The Labute approximate surface area is 176 Å². The molecule has 1 unspecified atom stereocenters. The zero-order valence-corrected chi connectivity index (χ0v) is 18.1. The number of pyridine rings is 1. The normalized spacial score (nSPS) is 16.8. The van der Waals surface area contributed by atoms with Gasteiger partial charge in [0.25, 0.3) is 11.6 Å². The lowest BCUT2D eigenvalue weighted by atomic mass is 9.96. The van der Waals surface area contributed by atoms with Crippen molar-refractivity contribution in [2.45, 2.75) is 33.6 Å². The molecule has 1 N–H and O–H groups in total. The highest BCUT2D eigenvalue weighted by molar-refractivity contribution is 6.07. The molecule has 1 fully saturated rings. The summed E-state index contributed by atoms with van der Waals surface area (Å²) in [6.07, 6.45) is 2.16. The number of amides is 1. The first-order valence-corrected chi connectivity index (χ1v) is 9.76. The second-order valence-electron chi connectivity index (χ2n) is 7.65. The molecule has 1 saturated heterocycles. The number of likely N-dealkylation sites (tertiary alicyclic amines) is 1. The van der Waals surface area contributed by atoms with Crippen LogP contribution >= 0.6 is 12.4 Å². The maximum Gasteiger partial charge on any atom is 0.259 e. The lowest BCUT2D eigenvalue weighted by molar-refractivity contribution is 0.0676. The van der Waals surface area contributed by atoms with E-state index in [2.05, 4.69) is 15.5 Å². The van der Waals surface area contributed by atoms with Crippen LogP contribution in [-0.2, 0) is 0 Å². The first-order chi connectivity index (χ1) is 13.5. The van der Waals surface area contributed by atoms with E-state index in [9.17, 15) is 4.79 Å². The molecule has 8 heteroatoms. The Balaban J connectivity index is 0.00000240. The molecule has 1 atom stereocenters. The van der Waals surface area contributed by atoms with E-state index in [1.54, 1.807) is 0 Å². The Morgan fingerprint density at radius 2 is 2.10 bits per heavy atom. The zero-order chi connectivity index (χ0) is 19.8. The molecule has 3 aromatic heterocycles. The molecule has 7 nitrogen and oxygen atoms in total. The van der Waals surface area contributed by atoms with Crippen LogP contribution in [0.3, 0.4) is 0 Å². The number of carbonyl (C=O) groups excluding carboxylic acids is 1. The van der Waals surface area contributed by atoms with E-state index < -0.39 is 0 Å². The molecule has 4 rings (SSSR count). The van der Waals surface area contributed by atoms with E-state index in [0.717, 1.165) is 49.6 Å². The molecule has 0 spiro atoms. The van der Waals surface area contributed by atoms with Crippen LogP contribution in [0.4, 0.5) is 0 Å². The summed E-state index contributed by atoms with van der Waals surface area (Å²) in [5, 5.41) is 7.97. The van der Waals surface area contributed by atoms with Crippen molar-refractivity contribution in [3.05, 3.63) is 34.9 Å². The van der Waals surface area contributed by atoms with Crippen LogP contribution in [0.5, 0.6) is 0 Å². The fraction of sp³-hybridized carbons (Fsp3) is 0.476. The van der Waals surface area contributed by atoms with E-state index >= 15 is 0 Å². The second kappa shape index (κ2) is 8.55. The maximum atomic E-state index is 13.5. The lowest BCUT2D eigenvalue weighted by Gasteiger charge is -2.33. The summed E-state index contributed by atoms with van der Waals surface area (Å²) in [6, 6.07) is 3.79. The summed E-state index contributed by atoms with van der Waals surface area (Å²) in [6.45, 7) is 8.08. The van der Waals surface area contributed by atoms with Crippen molar-refractivity contribution in [2.24, 2.45) is 5.92 Å². The lowest BCUT2D eigenvalue weighted by Crippen LogP contribution is -2.42. The van der Waals surface area contributed by atoms with Crippen molar-refractivity contribution in [1.29, 1.82) is 0 Å². The van der Waals surface area contributed by atoms with Crippen LogP contribution in [0.25, 0.3) is 22.4 Å². The van der Waals surface area contributed by atoms with Crippen molar-refractivity contribution in [1.82, 2.24) is 20.4 Å². The molecule has 1 amide bonds. The number of rotatable bonds is 4. The van der Waals surface area contributed by atoms with Crippen LogP contribution in [-0.4, -0.2) is 47.6 Å². The first kappa shape index (κ1) is 21.3. The molecule has 0 saturated carbocycles. The molecule has 0 radical (unpaired) electrons. The van der Waals surface area contributed by atoms with Gasteiger partial charge in [-0.05, 0) is 65.3 Å². The average molecular weight is 419 g/mol. The van der Waals surface area contributed by atoms with Crippen LogP contribution in [0.2, 0.25) is 0 Å². The van der Waals surface area contributed by atoms with Gasteiger partial charge in [0.05, 0.1) is 22.3 Å². The summed E-state index contributed by atoms with van der Waals surface area (Å²) in [4.78, 5) is 20.0. The number of furan rings is 1. The molecule has 0 bridgehead atoms. The molecule has 3 aromatic rings. The quantitative estimate of drug-likeness (QED) is 0.691. The Hall–Kier alpha value is -2.38. The molecule has 4 heterocycles. The molecule has 0 aliphatic carbocycles. The smallest absolute Gasteiger partial charge is 0.259 e. The summed E-state index contributed by atoms with van der Waals surface area (Å²) in [7, 11) is 1.95. The molecule has 156 valence electrons. The van der Waals surface area contributed by atoms with Gasteiger partial charge in [0.1, 0.15) is 11.5 Å². The zero-order valence-electron chi connectivity index (χ0n) is 17.2. The highest BCUT2D eigenvalue weighted by atomic mass is 35.5. The summed E-state index contributed by atoms with van der Waals surface area (Å²) >= 11 is 0. The average Bonchev–Trinajstić information content (AvgIpc) is 3.22. The van der Waals surface area contributed by atoms with Gasteiger partial charge in [-0.1, -0.05) is 5.16 Å². The van der Waals surface area contributed by atoms with Gasteiger partial charge in [-0.15, -0.1) is 12.4 Å². The van der Waals surface area contributed by atoms with Crippen LogP contribution in [0.1, 0.15) is 40.4 Å². The Morgan fingerprint density at radius 1 is 1.31 bits per heavy atom. The number of hydrogen-bond donors (Lipinski definition) is 1. The number of fused-ring (bicyclic) bond motifs is 1. The fourth-order valence-electron chi connectivity index (χ4n) is 4.16. The van der Waals surface area contributed by atoms with Crippen molar-refractivity contribution in [3.8, 4) is 11.3 Å². The third-order valence-electron chi connectivity index (χ3n) is 5.46. The molecule has 0 aromatic carbocycles. The topological polar surface area (TPSA) is 84.4 Å². The van der Waals surface area contributed by atoms with Crippen LogP contribution in [0.15, 0.2) is 21.1 Å². The SMILES string of the molecule is CNCC1CCCN(C(=O)c2cc(-c3cc(C)oc3C)nc3onc(C)c23)C1.Cl. The molecule has 1 aliphatic heterocycles. The molecule has 1 aliphatic rings. The number of piperidine rings is 1. The minimum Gasteiger partial charge on any atom is -0.466 e. The molecular weight excluding hydrogens is 392 g/mol. The molecule has 29 heavy (non-hydrogen) atoms. The number of halogens is 1. The van der Waals surface area contributed by atoms with E-state index in [4.69, 9.17) is 8.94 Å².